The zero-order valence-electron chi connectivity index (χ0n) is 18.6. The highest BCUT2D eigenvalue weighted by atomic mass is 19.1. The van der Waals surface area contributed by atoms with E-state index in [9.17, 15) is 9.18 Å². The van der Waals surface area contributed by atoms with Gasteiger partial charge in [0.15, 0.2) is 5.82 Å². The van der Waals surface area contributed by atoms with E-state index in [4.69, 9.17) is 15.9 Å². The van der Waals surface area contributed by atoms with Crippen LogP contribution in [0.2, 0.25) is 0 Å². The number of nitrogens with one attached hydrogen (secondary N) is 3. The molecule has 11 heteroatoms. The summed E-state index contributed by atoms with van der Waals surface area (Å²) >= 11 is 0. The van der Waals surface area contributed by atoms with Gasteiger partial charge in [-0.1, -0.05) is 12.7 Å². The second-order valence-corrected chi connectivity index (χ2v) is 7.42. The molecule has 178 valence electrons. The van der Waals surface area contributed by atoms with Gasteiger partial charge < -0.3 is 15.8 Å². The number of aromatic amines is 1. The first-order valence-electron chi connectivity index (χ1n) is 10.6. The molecule has 5 N–H and O–H groups in total. The van der Waals surface area contributed by atoms with Gasteiger partial charge in [0.2, 0.25) is 0 Å². The van der Waals surface area contributed by atoms with Crippen LogP contribution in [-0.4, -0.2) is 43.8 Å². The maximum absolute atomic E-state index is 12.7. The van der Waals surface area contributed by atoms with Crippen molar-refractivity contribution >= 4 is 17.6 Å². The maximum atomic E-state index is 12.7. The van der Waals surface area contributed by atoms with Crippen molar-refractivity contribution in [3.63, 3.8) is 0 Å². The average Bonchev–Trinajstić information content (AvgIpc) is 3.27. The van der Waals surface area contributed by atoms with Crippen LogP contribution in [0.5, 0.6) is 5.75 Å². The molecule has 0 aliphatic heterocycles. The average molecular weight is 475 g/mol. The lowest BCUT2D eigenvalue weighted by Crippen LogP contribution is -2.18. The number of ether oxygens (including phenoxy) is 1. The molecule has 4 aromatic rings. The molecule has 0 fully saturated rings. The van der Waals surface area contributed by atoms with Gasteiger partial charge in [0, 0.05) is 23.6 Å². The predicted octanol–water partition coefficient (Wildman–Crippen LogP) is 2.83. The van der Waals surface area contributed by atoms with Gasteiger partial charge in [0.1, 0.15) is 30.9 Å². The first kappa shape index (κ1) is 23.4. The molecule has 0 amide bonds. The van der Waals surface area contributed by atoms with Crippen LogP contribution in [0.3, 0.4) is 0 Å². The fourth-order valence-corrected chi connectivity index (χ4v) is 3.40. The minimum absolute atomic E-state index is 0.0487. The number of nitrogen functional groups attached to an aromatic ring is 1. The standard InChI is InChI=1S/C24H23FN8O2/c1-2-15-12-17(14-19(13-15)35-11-8-25)20(30-18-6-4-16(5-7-18)21(26)27)22-31-24(34)33(32-22)23-28-9-3-10-29-23/h2-7,9-10,12-14,20,30H,1,8,11H2,(H3,26,27)(H,31,32,34). The summed E-state index contributed by atoms with van der Waals surface area (Å²) in [6.45, 7) is 3.09. The molecule has 2 heterocycles. The van der Waals surface area contributed by atoms with E-state index < -0.39 is 18.4 Å². The number of aromatic nitrogens is 5. The van der Waals surface area contributed by atoms with Gasteiger partial charge in [0.05, 0.1) is 0 Å². The van der Waals surface area contributed by atoms with E-state index in [2.05, 4.69) is 31.9 Å². The van der Waals surface area contributed by atoms with E-state index in [1.54, 1.807) is 48.5 Å². The maximum Gasteiger partial charge on any atom is 0.350 e. The number of alkyl halides is 1. The van der Waals surface area contributed by atoms with Crippen LogP contribution in [0.1, 0.15) is 28.6 Å². The number of benzene rings is 2. The normalized spacial score (nSPS) is 11.6. The molecular weight excluding hydrogens is 451 g/mol. The molecule has 4 rings (SSSR count). The van der Waals surface area contributed by atoms with Crippen molar-refractivity contribution in [1.29, 1.82) is 5.41 Å². The Kier molecular flexibility index (Phi) is 6.96. The van der Waals surface area contributed by atoms with Gasteiger partial charge in [-0.25, -0.2) is 19.2 Å². The Bertz CT molecular complexity index is 1380. The van der Waals surface area contributed by atoms with Gasteiger partial charge >= 0.3 is 5.69 Å². The molecule has 0 saturated heterocycles. The van der Waals surface area contributed by atoms with Crippen LogP contribution in [0.15, 0.2) is 72.3 Å². The van der Waals surface area contributed by atoms with Crippen molar-refractivity contribution in [2.24, 2.45) is 5.73 Å². The Morgan fingerprint density at radius 1 is 1.26 bits per heavy atom. The fourth-order valence-electron chi connectivity index (χ4n) is 3.40. The monoisotopic (exact) mass is 474 g/mol. The number of amidine groups is 1. The lowest BCUT2D eigenvalue weighted by molar-refractivity contribution is 0.273. The van der Waals surface area contributed by atoms with Gasteiger partial charge in [0.25, 0.3) is 5.95 Å². The quantitative estimate of drug-likeness (QED) is 0.204. The van der Waals surface area contributed by atoms with Gasteiger partial charge in [-0.15, -0.1) is 9.78 Å². The molecule has 2 aromatic carbocycles. The lowest BCUT2D eigenvalue weighted by Gasteiger charge is -2.20. The summed E-state index contributed by atoms with van der Waals surface area (Å²) in [7, 11) is 0. The zero-order chi connectivity index (χ0) is 24.8. The molecule has 1 unspecified atom stereocenters. The van der Waals surface area contributed by atoms with E-state index in [0.29, 0.717) is 22.6 Å². The number of hydrogen-bond donors (Lipinski definition) is 4. The van der Waals surface area contributed by atoms with E-state index in [0.717, 1.165) is 10.2 Å². The van der Waals surface area contributed by atoms with Crippen molar-refractivity contribution in [3.05, 3.63) is 101 Å². The predicted molar refractivity (Wildman–Crippen MR) is 131 cm³/mol. The van der Waals surface area contributed by atoms with Crippen LogP contribution in [0.4, 0.5) is 10.1 Å². The number of nitrogens with zero attached hydrogens (tertiary/aromatic N) is 4. The summed E-state index contributed by atoms with van der Waals surface area (Å²) in [5, 5.41) is 15.4. The van der Waals surface area contributed by atoms with E-state index in [1.165, 1.54) is 12.4 Å². The summed E-state index contributed by atoms with van der Waals surface area (Å²) in [6, 6.07) is 13.2. The first-order valence-corrected chi connectivity index (χ1v) is 10.6. The zero-order valence-corrected chi connectivity index (χ0v) is 18.6. The minimum atomic E-state index is -0.650. The Morgan fingerprint density at radius 3 is 2.66 bits per heavy atom. The molecule has 2 aromatic heterocycles. The van der Waals surface area contributed by atoms with Crippen molar-refractivity contribution < 1.29 is 9.13 Å². The highest BCUT2D eigenvalue weighted by Gasteiger charge is 2.22. The van der Waals surface area contributed by atoms with Crippen LogP contribution in [0, 0.1) is 5.41 Å². The summed E-state index contributed by atoms with van der Waals surface area (Å²) < 4.78 is 19.3. The Hall–Kier alpha value is -4.80. The molecule has 1 atom stereocenters. The molecule has 35 heavy (non-hydrogen) atoms. The number of hydrogen-bond acceptors (Lipinski definition) is 7. The molecular formula is C24H23FN8O2. The van der Waals surface area contributed by atoms with Crippen LogP contribution in [-0.2, 0) is 0 Å². The number of anilines is 1. The summed E-state index contributed by atoms with van der Waals surface area (Å²) in [5.41, 5.74) is 7.72. The van der Waals surface area contributed by atoms with E-state index >= 15 is 0 Å². The number of halogens is 1. The fraction of sp³-hybridized carbons (Fsp3) is 0.125. The number of rotatable bonds is 10. The largest absolute Gasteiger partial charge is 0.491 e. The molecule has 10 nitrogen and oxygen atoms in total. The van der Waals surface area contributed by atoms with Crippen molar-refractivity contribution in [2.75, 3.05) is 18.6 Å². The molecule has 0 spiro atoms. The lowest BCUT2D eigenvalue weighted by atomic mass is 10.0. The van der Waals surface area contributed by atoms with Crippen molar-refractivity contribution in [3.8, 4) is 11.7 Å². The highest BCUT2D eigenvalue weighted by Crippen LogP contribution is 2.29. The second kappa shape index (κ2) is 10.4. The van der Waals surface area contributed by atoms with Crippen LogP contribution in [0.25, 0.3) is 12.0 Å². The SMILES string of the molecule is C=Cc1cc(OCCF)cc(C(Nc2ccc(C(=N)N)cc2)c2nn(-c3ncccn3)c(=O)[nH]2)c1. The van der Waals surface area contributed by atoms with Crippen LogP contribution < -0.4 is 21.5 Å². The Balaban J connectivity index is 1.79. The molecule has 0 aliphatic rings. The highest BCUT2D eigenvalue weighted by molar-refractivity contribution is 5.95. The second-order valence-electron chi connectivity index (χ2n) is 7.42. The van der Waals surface area contributed by atoms with Crippen molar-refractivity contribution in [1.82, 2.24) is 24.7 Å². The smallest absolute Gasteiger partial charge is 0.350 e. The van der Waals surface area contributed by atoms with Gasteiger partial charge in [-0.05, 0) is 59.7 Å². The van der Waals surface area contributed by atoms with Gasteiger partial charge in [-0.3, -0.25) is 10.4 Å². The topological polar surface area (TPSA) is 148 Å². The summed E-state index contributed by atoms with van der Waals surface area (Å²) in [6.07, 6.45) is 4.67. The van der Waals surface area contributed by atoms with Crippen molar-refractivity contribution in [2.45, 2.75) is 6.04 Å². The number of nitrogens with two attached hydrogens (primary N) is 1. The third-order valence-electron chi connectivity index (χ3n) is 5.02. The Labute approximate surface area is 199 Å². The summed E-state index contributed by atoms with van der Waals surface area (Å²) in [5.74, 6) is 0.807. The molecule has 0 saturated carbocycles. The molecule has 0 bridgehead atoms. The minimum Gasteiger partial charge on any atom is -0.491 e. The van der Waals surface area contributed by atoms with Gasteiger partial charge in [-0.2, -0.15) is 0 Å². The molecule has 0 radical (unpaired) electrons. The Morgan fingerprint density at radius 2 is 2.00 bits per heavy atom. The van der Waals surface area contributed by atoms with Crippen LogP contribution >= 0.6 is 0 Å². The third kappa shape index (κ3) is 5.41. The number of H-pyrrole nitrogens is 1. The van der Waals surface area contributed by atoms with E-state index in [-0.39, 0.29) is 24.2 Å². The first-order chi connectivity index (χ1) is 17.0. The third-order valence-corrected chi connectivity index (χ3v) is 5.02. The summed E-state index contributed by atoms with van der Waals surface area (Å²) in [4.78, 5) is 23.6. The van der Waals surface area contributed by atoms with E-state index in [1.807, 2.05) is 6.07 Å². The molecule has 0 aliphatic carbocycles.